The first kappa shape index (κ1) is 16.8. The summed E-state index contributed by atoms with van der Waals surface area (Å²) in [4.78, 5) is 14.1. The first-order chi connectivity index (χ1) is 11.6. The Labute approximate surface area is 143 Å². The second-order valence-corrected chi connectivity index (χ2v) is 6.97. The molecule has 0 unspecified atom stereocenters. The Morgan fingerprint density at radius 1 is 1.54 bits per heavy atom. The topological polar surface area (TPSA) is 104 Å². The molecular weight excluding hydrogens is 330 g/mol. The number of piperidine rings is 1. The molecule has 3 rings (SSSR count). The molecule has 1 fully saturated rings. The van der Waals surface area contributed by atoms with Crippen LogP contribution in [0.5, 0.6) is 0 Å². The quantitative estimate of drug-likeness (QED) is 0.833. The Balaban J connectivity index is 1.57. The fourth-order valence-electron chi connectivity index (χ4n) is 2.68. The molecule has 1 aliphatic rings. The van der Waals surface area contributed by atoms with Crippen molar-refractivity contribution >= 4 is 22.4 Å². The molecule has 2 atom stereocenters. The van der Waals surface area contributed by atoms with Gasteiger partial charge in [0, 0.05) is 25.6 Å². The molecule has 2 aromatic rings. The van der Waals surface area contributed by atoms with Crippen LogP contribution in [-0.4, -0.2) is 51.6 Å². The van der Waals surface area contributed by atoms with Crippen LogP contribution < -0.4 is 10.2 Å². The number of anilines is 1. The van der Waals surface area contributed by atoms with Gasteiger partial charge in [0.1, 0.15) is 10.8 Å². The summed E-state index contributed by atoms with van der Waals surface area (Å²) in [5.41, 5.74) is 0.232. The average Bonchev–Trinajstić information content (AvgIpc) is 3.19. The van der Waals surface area contributed by atoms with Crippen LogP contribution in [0.2, 0.25) is 0 Å². The van der Waals surface area contributed by atoms with E-state index in [2.05, 4.69) is 27.6 Å². The summed E-state index contributed by atoms with van der Waals surface area (Å²) in [6, 6.07) is 1.27. The second kappa shape index (κ2) is 7.27. The number of aryl methyl sites for hydroxylation is 2. The summed E-state index contributed by atoms with van der Waals surface area (Å²) >= 11 is 1.56. The predicted octanol–water partition coefficient (Wildman–Crippen LogP) is 1.16. The van der Waals surface area contributed by atoms with Gasteiger partial charge in [-0.1, -0.05) is 23.4 Å². The monoisotopic (exact) mass is 351 g/mol. The van der Waals surface area contributed by atoms with E-state index >= 15 is 0 Å². The largest absolute Gasteiger partial charge is 0.389 e. The van der Waals surface area contributed by atoms with E-state index in [1.54, 1.807) is 24.3 Å². The van der Waals surface area contributed by atoms with E-state index < -0.39 is 6.10 Å². The number of amides is 1. The number of hydrogen-bond donors (Lipinski definition) is 2. The number of aliphatic hydroxyl groups excluding tert-OH is 1. The van der Waals surface area contributed by atoms with Crippen LogP contribution >= 0.6 is 11.3 Å². The van der Waals surface area contributed by atoms with Crippen molar-refractivity contribution in [1.82, 2.24) is 20.7 Å². The van der Waals surface area contributed by atoms with Gasteiger partial charge in [-0.25, -0.2) is 0 Å². The lowest BCUT2D eigenvalue weighted by atomic mass is 10.0. The smallest absolute Gasteiger partial charge is 0.273 e. The van der Waals surface area contributed by atoms with Crippen molar-refractivity contribution in [2.45, 2.75) is 45.3 Å². The number of rotatable bonds is 5. The van der Waals surface area contributed by atoms with E-state index in [1.807, 2.05) is 4.90 Å². The van der Waals surface area contributed by atoms with Gasteiger partial charge in [-0.05, 0) is 19.8 Å². The lowest BCUT2D eigenvalue weighted by Crippen LogP contribution is -2.54. The van der Waals surface area contributed by atoms with Crippen molar-refractivity contribution in [3.8, 4) is 0 Å². The van der Waals surface area contributed by atoms with Crippen molar-refractivity contribution in [1.29, 1.82) is 0 Å². The summed E-state index contributed by atoms with van der Waals surface area (Å²) in [5.74, 6) is 0.250. The Morgan fingerprint density at radius 2 is 2.38 bits per heavy atom. The molecule has 0 saturated carbocycles. The zero-order valence-electron chi connectivity index (χ0n) is 13.7. The van der Waals surface area contributed by atoms with E-state index in [9.17, 15) is 9.90 Å². The van der Waals surface area contributed by atoms with Gasteiger partial charge in [0.2, 0.25) is 5.13 Å². The van der Waals surface area contributed by atoms with Crippen molar-refractivity contribution in [3.05, 3.63) is 22.5 Å². The van der Waals surface area contributed by atoms with Crippen LogP contribution in [0.1, 0.15) is 41.0 Å². The maximum Gasteiger partial charge on any atom is 0.273 e. The number of hydrogen-bond acceptors (Lipinski definition) is 8. The number of aromatic nitrogens is 3. The summed E-state index contributed by atoms with van der Waals surface area (Å²) in [6.07, 6.45) is 1.91. The van der Waals surface area contributed by atoms with Gasteiger partial charge in [0.25, 0.3) is 5.91 Å². The standard InChI is InChI=1S/C15H21N5O3S/c1-3-4-13-17-18-15(24-13)20-6-5-10(12(21)8-20)16-14(22)11-7-9(2)23-19-11/h7,10,12,21H,3-6,8H2,1-2H3,(H,16,22)/t10-,12-/m1/s1. The second-order valence-electron chi connectivity index (χ2n) is 5.93. The van der Waals surface area contributed by atoms with Crippen LogP contribution in [0.3, 0.4) is 0 Å². The van der Waals surface area contributed by atoms with Crippen molar-refractivity contribution in [2.24, 2.45) is 0 Å². The maximum absolute atomic E-state index is 12.1. The highest BCUT2D eigenvalue weighted by atomic mass is 32.1. The highest BCUT2D eigenvalue weighted by molar-refractivity contribution is 7.15. The molecule has 0 aromatic carbocycles. The third kappa shape index (κ3) is 3.73. The van der Waals surface area contributed by atoms with Crippen LogP contribution in [0.15, 0.2) is 10.6 Å². The molecular formula is C15H21N5O3S. The minimum Gasteiger partial charge on any atom is -0.389 e. The Morgan fingerprint density at radius 3 is 3.04 bits per heavy atom. The van der Waals surface area contributed by atoms with Crippen molar-refractivity contribution < 1.29 is 14.4 Å². The minimum atomic E-state index is -0.672. The van der Waals surface area contributed by atoms with E-state index in [4.69, 9.17) is 4.52 Å². The van der Waals surface area contributed by atoms with E-state index in [-0.39, 0.29) is 17.6 Å². The first-order valence-corrected chi connectivity index (χ1v) is 8.88. The van der Waals surface area contributed by atoms with Crippen LogP contribution in [0.4, 0.5) is 5.13 Å². The van der Waals surface area contributed by atoms with Crippen LogP contribution in [-0.2, 0) is 6.42 Å². The molecule has 1 saturated heterocycles. The number of carbonyl (C=O) groups is 1. The number of nitrogens with one attached hydrogen (secondary N) is 1. The maximum atomic E-state index is 12.1. The fraction of sp³-hybridized carbons (Fsp3) is 0.600. The molecule has 1 amide bonds. The molecule has 0 aliphatic carbocycles. The number of aliphatic hydroxyl groups is 1. The molecule has 0 radical (unpaired) electrons. The number of carbonyl (C=O) groups excluding carboxylic acids is 1. The van der Waals surface area contributed by atoms with Gasteiger partial charge in [-0.2, -0.15) is 0 Å². The lowest BCUT2D eigenvalue weighted by molar-refractivity contribution is 0.0790. The van der Waals surface area contributed by atoms with E-state index in [0.29, 0.717) is 25.3 Å². The van der Waals surface area contributed by atoms with Gasteiger partial charge in [-0.3, -0.25) is 4.79 Å². The summed E-state index contributed by atoms with van der Waals surface area (Å²) < 4.78 is 4.90. The minimum absolute atomic E-state index is 0.232. The Bertz CT molecular complexity index is 701. The summed E-state index contributed by atoms with van der Waals surface area (Å²) in [7, 11) is 0. The van der Waals surface area contributed by atoms with E-state index in [0.717, 1.165) is 23.0 Å². The molecule has 1 aliphatic heterocycles. The third-order valence-electron chi connectivity index (χ3n) is 3.95. The molecule has 2 aromatic heterocycles. The van der Waals surface area contributed by atoms with Crippen LogP contribution in [0.25, 0.3) is 0 Å². The van der Waals surface area contributed by atoms with Gasteiger partial charge in [0.15, 0.2) is 5.69 Å². The summed E-state index contributed by atoms with van der Waals surface area (Å²) in [6.45, 7) is 4.96. The zero-order chi connectivity index (χ0) is 17.1. The van der Waals surface area contributed by atoms with E-state index in [1.165, 1.54) is 0 Å². The average molecular weight is 351 g/mol. The number of nitrogens with zero attached hydrogens (tertiary/aromatic N) is 4. The fourth-order valence-corrected chi connectivity index (χ4v) is 3.65. The molecule has 0 bridgehead atoms. The normalized spacial score (nSPS) is 21.0. The van der Waals surface area contributed by atoms with Gasteiger partial charge >= 0.3 is 0 Å². The van der Waals surface area contributed by atoms with Gasteiger partial charge in [-0.15, -0.1) is 10.2 Å². The molecule has 9 heteroatoms. The molecule has 8 nitrogen and oxygen atoms in total. The van der Waals surface area contributed by atoms with Gasteiger partial charge in [0.05, 0.1) is 12.1 Å². The molecule has 2 N–H and O–H groups in total. The SMILES string of the molecule is CCCc1nnc(N2CC[C@@H](NC(=O)c3cc(C)on3)[C@H](O)C2)s1. The zero-order valence-corrected chi connectivity index (χ0v) is 14.5. The van der Waals surface area contributed by atoms with Crippen molar-refractivity contribution in [2.75, 3.05) is 18.0 Å². The van der Waals surface area contributed by atoms with Gasteiger partial charge < -0.3 is 19.8 Å². The Kier molecular flexibility index (Phi) is 5.10. The first-order valence-electron chi connectivity index (χ1n) is 8.06. The third-order valence-corrected chi connectivity index (χ3v) is 4.99. The molecule has 0 spiro atoms. The lowest BCUT2D eigenvalue weighted by Gasteiger charge is -2.35. The van der Waals surface area contributed by atoms with Crippen molar-refractivity contribution in [3.63, 3.8) is 0 Å². The highest BCUT2D eigenvalue weighted by Gasteiger charge is 2.31. The highest BCUT2D eigenvalue weighted by Crippen LogP contribution is 2.25. The predicted molar refractivity (Wildman–Crippen MR) is 89.2 cm³/mol. The van der Waals surface area contributed by atoms with Crippen LogP contribution in [0, 0.1) is 6.92 Å². The molecule has 3 heterocycles. The molecule has 24 heavy (non-hydrogen) atoms. The Hall–Kier alpha value is -2.00. The summed E-state index contributed by atoms with van der Waals surface area (Å²) in [5, 5.41) is 27.1. The molecule has 130 valence electrons. The number of β-amino-alcohol motifs (C(OH)–C–C–N with tert-alkyl or cyclic N) is 1.